The average Bonchev–Trinajstić information content (AvgIpc) is 2.00. The molecule has 0 atom stereocenters. The molecule has 0 aliphatic heterocycles. The van der Waals surface area contributed by atoms with Crippen LogP contribution in [0.2, 0.25) is 0 Å². The van der Waals surface area contributed by atoms with Crippen LogP contribution in [0.25, 0.3) is 0 Å². The summed E-state index contributed by atoms with van der Waals surface area (Å²) >= 11 is 0. The molecule has 15 heavy (non-hydrogen) atoms. The predicted octanol–water partition coefficient (Wildman–Crippen LogP) is 0.816. The average molecular weight is 233 g/mol. The Labute approximate surface area is 89.6 Å². The Morgan fingerprint density at radius 3 is 2.40 bits per heavy atom. The normalized spacial score (nSPS) is 12.1. The number of carbonyl (C=O) groups is 1. The summed E-state index contributed by atoms with van der Waals surface area (Å²) in [6, 6.07) is 2.06. The van der Waals surface area contributed by atoms with Crippen LogP contribution >= 0.6 is 0 Å². The van der Waals surface area contributed by atoms with Gasteiger partial charge in [0.15, 0.2) is 9.84 Å². The zero-order chi connectivity index (χ0) is 12.1. The number of nitrogens with zero attached hydrogens (tertiary/aromatic N) is 1. The van der Waals surface area contributed by atoms with Gasteiger partial charge in [-0.1, -0.05) is 0 Å². The van der Waals surface area contributed by atoms with Crippen molar-refractivity contribution >= 4 is 15.8 Å². The summed E-state index contributed by atoms with van der Waals surface area (Å²) in [6.45, 7) is 3.44. The lowest BCUT2D eigenvalue weighted by atomic mass is 9.90. The highest BCUT2D eigenvalue weighted by atomic mass is 32.2. The number of carboxylic acids is 1. The third-order valence-electron chi connectivity index (χ3n) is 1.90. The van der Waals surface area contributed by atoms with Crippen LogP contribution in [-0.4, -0.2) is 31.0 Å². The number of nitriles is 1. The molecule has 0 radical (unpaired) electrons. The summed E-state index contributed by atoms with van der Waals surface area (Å²) in [5, 5.41) is 17.0. The van der Waals surface area contributed by atoms with Gasteiger partial charge in [-0.2, -0.15) is 5.26 Å². The topological polar surface area (TPSA) is 95.2 Å². The molecule has 0 spiro atoms. The summed E-state index contributed by atoms with van der Waals surface area (Å²) in [7, 11) is -3.52. The third kappa shape index (κ3) is 6.91. The minimum atomic E-state index is -3.52. The van der Waals surface area contributed by atoms with Crippen molar-refractivity contribution in [1.29, 1.82) is 5.26 Å². The molecule has 0 aliphatic rings. The van der Waals surface area contributed by atoms with Crippen LogP contribution in [0, 0.1) is 16.7 Å². The lowest BCUT2D eigenvalue weighted by molar-refractivity contribution is -0.134. The number of carboxylic acid groups (broad SMARTS) is 1. The first-order valence-corrected chi connectivity index (χ1v) is 6.34. The van der Waals surface area contributed by atoms with Gasteiger partial charge in [0.1, 0.15) is 5.75 Å². The van der Waals surface area contributed by atoms with Crippen LogP contribution in [-0.2, 0) is 14.6 Å². The van der Waals surface area contributed by atoms with Crippen molar-refractivity contribution in [2.24, 2.45) is 5.41 Å². The van der Waals surface area contributed by atoms with Gasteiger partial charge in [0, 0.05) is 0 Å². The fraction of sp³-hybridized carbons (Fsp3) is 0.778. The van der Waals surface area contributed by atoms with Crippen molar-refractivity contribution in [3.05, 3.63) is 0 Å². The number of aliphatic carboxylic acids is 1. The largest absolute Gasteiger partial charge is 0.480 e. The maximum absolute atomic E-state index is 11.2. The summed E-state index contributed by atoms with van der Waals surface area (Å²) in [5.41, 5.74) is -0.557. The van der Waals surface area contributed by atoms with E-state index in [2.05, 4.69) is 6.07 Å². The molecule has 0 bridgehead atoms. The van der Waals surface area contributed by atoms with Gasteiger partial charge in [0.2, 0.25) is 0 Å². The van der Waals surface area contributed by atoms with E-state index in [0.29, 0.717) is 12.8 Å². The zero-order valence-electron chi connectivity index (χ0n) is 8.86. The summed E-state index contributed by atoms with van der Waals surface area (Å²) < 4.78 is 22.3. The predicted molar refractivity (Wildman–Crippen MR) is 54.9 cm³/mol. The Balaban J connectivity index is 4.09. The van der Waals surface area contributed by atoms with Gasteiger partial charge in [-0.25, -0.2) is 8.42 Å². The Bertz CT molecular complexity index is 364. The molecule has 1 N–H and O–H groups in total. The third-order valence-corrected chi connectivity index (χ3v) is 3.50. The molecule has 0 amide bonds. The van der Waals surface area contributed by atoms with E-state index >= 15 is 0 Å². The summed E-state index contributed by atoms with van der Waals surface area (Å²) in [5.74, 6) is -2.35. The van der Waals surface area contributed by atoms with Crippen LogP contribution in [0.4, 0.5) is 0 Å². The Hall–Kier alpha value is -1.09. The molecular formula is C9H15NO4S. The molecule has 0 saturated carbocycles. The maximum atomic E-state index is 11.2. The number of hydrogen-bond acceptors (Lipinski definition) is 4. The fourth-order valence-electron chi connectivity index (χ4n) is 1.05. The van der Waals surface area contributed by atoms with E-state index in [1.165, 1.54) is 0 Å². The first kappa shape index (κ1) is 13.9. The lowest BCUT2D eigenvalue weighted by Crippen LogP contribution is -2.19. The van der Waals surface area contributed by atoms with Gasteiger partial charge in [-0.3, -0.25) is 4.79 Å². The van der Waals surface area contributed by atoms with Crippen LogP contribution < -0.4 is 0 Å². The minimum absolute atomic E-state index is 0.176. The SMILES string of the molecule is CC(C)(C#N)CCCS(=O)(=O)CC(=O)O. The van der Waals surface area contributed by atoms with E-state index in [9.17, 15) is 13.2 Å². The second kappa shape index (κ2) is 5.12. The summed E-state index contributed by atoms with van der Waals surface area (Å²) in [4.78, 5) is 10.2. The summed E-state index contributed by atoms with van der Waals surface area (Å²) in [6.07, 6.45) is 0.762. The Morgan fingerprint density at radius 2 is 2.00 bits per heavy atom. The smallest absolute Gasteiger partial charge is 0.318 e. The molecule has 0 aromatic heterocycles. The molecule has 5 nitrogen and oxygen atoms in total. The van der Waals surface area contributed by atoms with Gasteiger partial charge in [0.05, 0.1) is 17.2 Å². The van der Waals surface area contributed by atoms with Gasteiger partial charge in [-0.15, -0.1) is 0 Å². The van der Waals surface area contributed by atoms with Crippen molar-refractivity contribution in [1.82, 2.24) is 0 Å². The van der Waals surface area contributed by atoms with Crippen molar-refractivity contribution < 1.29 is 18.3 Å². The van der Waals surface area contributed by atoms with Gasteiger partial charge in [0.25, 0.3) is 0 Å². The van der Waals surface area contributed by atoms with E-state index in [4.69, 9.17) is 10.4 Å². The molecule has 86 valence electrons. The molecule has 0 aliphatic carbocycles. The second-order valence-electron chi connectivity index (χ2n) is 4.09. The van der Waals surface area contributed by atoms with Crippen LogP contribution in [0.5, 0.6) is 0 Å². The Morgan fingerprint density at radius 1 is 1.47 bits per heavy atom. The second-order valence-corrected chi connectivity index (χ2v) is 6.27. The van der Waals surface area contributed by atoms with Gasteiger partial charge in [-0.05, 0) is 26.7 Å². The van der Waals surface area contributed by atoms with Crippen LogP contribution in [0.3, 0.4) is 0 Å². The number of rotatable bonds is 6. The molecule has 0 fully saturated rings. The van der Waals surface area contributed by atoms with Gasteiger partial charge < -0.3 is 5.11 Å². The molecular weight excluding hydrogens is 218 g/mol. The standard InChI is InChI=1S/C9H15NO4S/c1-9(2,7-10)4-3-5-15(13,14)6-8(11)12/h3-6H2,1-2H3,(H,11,12). The Kier molecular flexibility index (Phi) is 4.75. The first-order valence-electron chi connectivity index (χ1n) is 4.52. The van der Waals surface area contributed by atoms with Crippen LogP contribution in [0.1, 0.15) is 26.7 Å². The first-order chi connectivity index (χ1) is 6.68. The lowest BCUT2D eigenvalue weighted by Gasteiger charge is -2.13. The quantitative estimate of drug-likeness (QED) is 0.732. The van der Waals surface area contributed by atoms with Gasteiger partial charge >= 0.3 is 5.97 Å². The fourth-order valence-corrected chi connectivity index (χ4v) is 2.15. The van der Waals surface area contributed by atoms with Crippen molar-refractivity contribution in [2.45, 2.75) is 26.7 Å². The monoisotopic (exact) mass is 233 g/mol. The highest BCUT2D eigenvalue weighted by Crippen LogP contribution is 2.20. The molecule has 0 aromatic carbocycles. The van der Waals surface area contributed by atoms with Crippen molar-refractivity contribution in [3.63, 3.8) is 0 Å². The minimum Gasteiger partial charge on any atom is -0.480 e. The van der Waals surface area contributed by atoms with E-state index < -0.39 is 27.0 Å². The highest BCUT2D eigenvalue weighted by molar-refractivity contribution is 7.92. The van der Waals surface area contributed by atoms with E-state index in [0.717, 1.165) is 0 Å². The molecule has 0 aromatic rings. The molecule has 6 heteroatoms. The van der Waals surface area contributed by atoms with Crippen LogP contribution in [0.15, 0.2) is 0 Å². The van der Waals surface area contributed by atoms with E-state index in [1.54, 1.807) is 13.8 Å². The highest BCUT2D eigenvalue weighted by Gasteiger charge is 2.20. The van der Waals surface area contributed by atoms with E-state index in [-0.39, 0.29) is 5.75 Å². The van der Waals surface area contributed by atoms with Crippen molar-refractivity contribution in [2.75, 3.05) is 11.5 Å². The molecule has 0 unspecified atom stereocenters. The van der Waals surface area contributed by atoms with E-state index in [1.807, 2.05) is 0 Å². The maximum Gasteiger partial charge on any atom is 0.318 e. The molecule has 0 heterocycles. The number of hydrogen-bond donors (Lipinski definition) is 1. The van der Waals surface area contributed by atoms with Crippen molar-refractivity contribution in [3.8, 4) is 6.07 Å². The molecule has 0 rings (SSSR count). The molecule has 0 saturated heterocycles. The number of sulfone groups is 1. The zero-order valence-corrected chi connectivity index (χ0v) is 9.67.